The number of nitrogen functional groups attached to an aromatic ring is 1. The topological polar surface area (TPSA) is 80.5 Å². The Kier molecular flexibility index (Phi) is 4.94. The molecule has 10 heteroatoms. The van der Waals surface area contributed by atoms with Gasteiger partial charge in [-0.05, 0) is 0 Å². The lowest BCUT2D eigenvalue weighted by Crippen LogP contribution is -2.24. The minimum Gasteiger partial charge on any atom is -0.396 e. The molecule has 5 nitrogen and oxygen atoms in total. The van der Waals surface area contributed by atoms with E-state index >= 15 is 0 Å². The number of carbonyl (C=O) groups is 1. The summed E-state index contributed by atoms with van der Waals surface area (Å²) in [5, 5.41) is 0.0458. The van der Waals surface area contributed by atoms with Crippen molar-refractivity contribution in [2.75, 3.05) is 30.5 Å². The first-order chi connectivity index (χ1) is 9.34. The lowest BCUT2D eigenvalue weighted by atomic mass is 10.3. The van der Waals surface area contributed by atoms with Gasteiger partial charge in [-0.3, -0.25) is 4.79 Å². The quantitative estimate of drug-likeness (QED) is 0.829. The van der Waals surface area contributed by atoms with E-state index in [0.717, 1.165) is 22.5 Å². The number of halogens is 3. The van der Waals surface area contributed by atoms with E-state index in [-0.39, 0.29) is 20.5 Å². The molecule has 1 heterocycles. The van der Waals surface area contributed by atoms with Crippen LogP contribution < -0.4 is 10.6 Å². The van der Waals surface area contributed by atoms with E-state index < -0.39 is 34.8 Å². The van der Waals surface area contributed by atoms with Crippen LogP contribution in [-0.4, -0.2) is 40.2 Å². The number of thiophene rings is 1. The highest BCUT2D eigenvalue weighted by Crippen LogP contribution is 2.41. The van der Waals surface area contributed by atoms with Crippen LogP contribution in [0, 0.1) is 0 Å². The first-order valence-corrected chi connectivity index (χ1v) is 8.46. The van der Waals surface area contributed by atoms with Crippen LogP contribution in [-0.2, 0) is 9.84 Å². The molecule has 0 saturated carbocycles. The van der Waals surface area contributed by atoms with Crippen LogP contribution in [0.15, 0.2) is 4.90 Å². The number of ketones is 1. The molecule has 0 atom stereocenters. The zero-order valence-electron chi connectivity index (χ0n) is 11.6. The molecule has 0 spiro atoms. The number of rotatable bonds is 5. The highest BCUT2D eigenvalue weighted by molar-refractivity contribution is 7.91. The molecule has 2 N–H and O–H groups in total. The molecule has 0 unspecified atom stereocenters. The van der Waals surface area contributed by atoms with E-state index in [9.17, 15) is 26.4 Å². The van der Waals surface area contributed by atoms with Crippen LogP contribution in [0.25, 0.3) is 0 Å². The van der Waals surface area contributed by atoms with Gasteiger partial charge >= 0.3 is 6.18 Å². The van der Waals surface area contributed by atoms with Gasteiger partial charge in [-0.1, -0.05) is 0 Å². The molecule has 0 aliphatic rings. The first-order valence-electron chi connectivity index (χ1n) is 5.75. The normalized spacial score (nSPS) is 12.5. The van der Waals surface area contributed by atoms with Gasteiger partial charge in [0.25, 0.3) is 0 Å². The summed E-state index contributed by atoms with van der Waals surface area (Å²) < 4.78 is 60.3. The Bertz CT molecular complexity index is 650. The first kappa shape index (κ1) is 17.8. The standard InChI is InChI=1S/C11H15F3N2O3S2/c1-6(17)8-7(15)9(21(3,18)19)10(20-8)16(2)5-4-11(12,13)14/h4-5,15H2,1-3H3. The second-order valence-corrected chi connectivity index (χ2v) is 7.55. The van der Waals surface area contributed by atoms with Crippen LogP contribution >= 0.6 is 11.3 Å². The molecule has 0 aliphatic carbocycles. The number of alkyl halides is 3. The van der Waals surface area contributed by atoms with Gasteiger partial charge in [0.1, 0.15) is 9.90 Å². The van der Waals surface area contributed by atoms with Crippen molar-refractivity contribution in [2.45, 2.75) is 24.4 Å². The average molecular weight is 344 g/mol. The minimum atomic E-state index is -4.36. The molecule has 0 bridgehead atoms. The molecule has 0 aliphatic heterocycles. The smallest absolute Gasteiger partial charge is 0.390 e. The number of hydrogen-bond acceptors (Lipinski definition) is 6. The zero-order valence-corrected chi connectivity index (χ0v) is 13.2. The summed E-state index contributed by atoms with van der Waals surface area (Å²) in [6, 6.07) is 0. The molecule has 0 amide bonds. The fourth-order valence-corrected chi connectivity index (χ4v) is 4.30. The van der Waals surface area contributed by atoms with Crippen molar-refractivity contribution in [1.29, 1.82) is 0 Å². The number of carbonyl (C=O) groups excluding carboxylic acids is 1. The number of sulfone groups is 1. The Morgan fingerprint density at radius 2 is 1.90 bits per heavy atom. The van der Waals surface area contributed by atoms with Gasteiger partial charge in [0.05, 0.1) is 17.0 Å². The van der Waals surface area contributed by atoms with Crippen molar-refractivity contribution in [3.63, 3.8) is 0 Å². The summed E-state index contributed by atoms with van der Waals surface area (Å²) >= 11 is 0.785. The third-order valence-electron chi connectivity index (χ3n) is 2.65. The van der Waals surface area contributed by atoms with Crippen molar-refractivity contribution in [3.05, 3.63) is 4.88 Å². The second kappa shape index (κ2) is 5.84. The molecule has 0 radical (unpaired) electrons. The van der Waals surface area contributed by atoms with E-state index in [1.54, 1.807) is 0 Å². The van der Waals surface area contributed by atoms with Crippen molar-refractivity contribution < 1.29 is 26.4 Å². The fourth-order valence-electron chi connectivity index (χ4n) is 1.68. The van der Waals surface area contributed by atoms with Gasteiger partial charge < -0.3 is 10.6 Å². The van der Waals surface area contributed by atoms with Crippen molar-refractivity contribution in [2.24, 2.45) is 0 Å². The van der Waals surface area contributed by atoms with E-state index in [2.05, 4.69) is 0 Å². The third kappa shape index (κ3) is 4.34. The highest BCUT2D eigenvalue weighted by Gasteiger charge is 2.31. The van der Waals surface area contributed by atoms with Gasteiger partial charge in [0.2, 0.25) is 0 Å². The summed E-state index contributed by atoms with van der Waals surface area (Å²) in [6.07, 6.45) is -4.55. The number of anilines is 2. The van der Waals surface area contributed by atoms with Gasteiger partial charge in [-0.25, -0.2) is 8.42 Å². The predicted molar refractivity (Wildman–Crippen MR) is 75.8 cm³/mol. The number of nitrogens with zero attached hydrogens (tertiary/aromatic N) is 1. The maximum absolute atomic E-state index is 12.3. The Morgan fingerprint density at radius 3 is 2.29 bits per heavy atom. The zero-order chi connectivity index (χ0) is 16.6. The summed E-state index contributed by atoms with van der Waals surface area (Å²) in [6.45, 7) is 0.789. The fraction of sp³-hybridized carbons (Fsp3) is 0.545. The Morgan fingerprint density at radius 1 is 1.38 bits per heavy atom. The minimum absolute atomic E-state index is 0.0317. The van der Waals surface area contributed by atoms with Crippen LogP contribution in [0.2, 0.25) is 0 Å². The molecule has 1 rings (SSSR count). The van der Waals surface area contributed by atoms with E-state index in [0.29, 0.717) is 0 Å². The van der Waals surface area contributed by atoms with Gasteiger partial charge in [-0.15, -0.1) is 11.3 Å². The molecule has 1 aromatic rings. The molecule has 0 fully saturated rings. The van der Waals surface area contributed by atoms with Crippen molar-refractivity contribution >= 4 is 37.6 Å². The summed E-state index contributed by atoms with van der Waals surface area (Å²) in [4.78, 5) is 12.3. The second-order valence-electron chi connectivity index (χ2n) is 4.59. The summed E-state index contributed by atoms with van der Waals surface area (Å²) in [5.74, 6) is -0.433. The number of nitrogens with two attached hydrogens (primary N) is 1. The lowest BCUT2D eigenvalue weighted by Gasteiger charge is -2.19. The maximum atomic E-state index is 12.3. The Balaban J connectivity index is 3.29. The largest absolute Gasteiger partial charge is 0.396 e. The monoisotopic (exact) mass is 344 g/mol. The molecule has 0 saturated heterocycles. The van der Waals surface area contributed by atoms with Crippen LogP contribution in [0.3, 0.4) is 0 Å². The average Bonchev–Trinajstić information content (AvgIpc) is 2.62. The SMILES string of the molecule is CC(=O)c1sc(N(C)CCC(F)(F)F)c(S(C)(=O)=O)c1N. The summed E-state index contributed by atoms with van der Waals surface area (Å²) in [7, 11) is -2.44. The Hall–Kier alpha value is -1.29. The van der Waals surface area contributed by atoms with Crippen LogP contribution in [0.5, 0.6) is 0 Å². The van der Waals surface area contributed by atoms with E-state index in [4.69, 9.17) is 5.73 Å². The third-order valence-corrected chi connectivity index (χ3v) is 5.35. The van der Waals surface area contributed by atoms with Crippen molar-refractivity contribution in [3.8, 4) is 0 Å². The van der Waals surface area contributed by atoms with E-state index in [1.807, 2.05) is 0 Å². The molecular weight excluding hydrogens is 329 g/mol. The van der Waals surface area contributed by atoms with Crippen molar-refractivity contribution in [1.82, 2.24) is 0 Å². The predicted octanol–water partition coefficient (Wildman–Crippen LogP) is 2.33. The van der Waals surface area contributed by atoms with Crippen LogP contribution in [0.1, 0.15) is 23.0 Å². The molecule has 21 heavy (non-hydrogen) atoms. The number of Topliss-reactive ketones (excluding diaryl/α,β-unsaturated/α-hetero) is 1. The van der Waals surface area contributed by atoms with Gasteiger partial charge in [-0.2, -0.15) is 13.2 Å². The highest BCUT2D eigenvalue weighted by atomic mass is 32.2. The summed E-state index contributed by atoms with van der Waals surface area (Å²) in [5.41, 5.74) is 5.47. The van der Waals surface area contributed by atoms with Gasteiger partial charge in [0, 0.05) is 26.8 Å². The lowest BCUT2D eigenvalue weighted by molar-refractivity contribution is -0.132. The molecule has 1 aromatic heterocycles. The van der Waals surface area contributed by atoms with Crippen LogP contribution in [0.4, 0.5) is 23.9 Å². The Labute approximate surface area is 124 Å². The van der Waals surface area contributed by atoms with Gasteiger partial charge in [0.15, 0.2) is 15.6 Å². The molecule has 0 aromatic carbocycles. The van der Waals surface area contributed by atoms with E-state index in [1.165, 1.54) is 14.0 Å². The maximum Gasteiger partial charge on any atom is 0.390 e. The molecular formula is C11H15F3N2O3S2. The molecule has 120 valence electrons. The number of hydrogen-bond donors (Lipinski definition) is 1.